The third-order valence-corrected chi connectivity index (χ3v) is 25.8. The van der Waals surface area contributed by atoms with Gasteiger partial charge in [-0.2, -0.15) is 0 Å². The molecule has 1 aromatic carbocycles. The average molecular weight is 956 g/mol. The molecule has 0 bridgehead atoms. The van der Waals surface area contributed by atoms with Crippen LogP contribution < -0.4 is 2.89 Å². The third kappa shape index (κ3) is 13.6. The fourth-order valence-corrected chi connectivity index (χ4v) is 18.1. The van der Waals surface area contributed by atoms with Gasteiger partial charge in [-0.3, -0.25) is 0 Å². The van der Waals surface area contributed by atoms with Crippen LogP contribution >= 0.6 is 34.4 Å². The van der Waals surface area contributed by atoms with Crippen LogP contribution in [0.3, 0.4) is 0 Å². The standard InChI is InChI=1S/C48H72FN2S3.3CH3.Sn/c1-4-6-8-10-12-14-16-18-20-22-24-26-28-30-33-48(34-31-29-27-25-23-21-19-17-15-13-11-9-7-5-2)40-32-35-52-46(40)47-41(48)37-43(53-47)39-36-42(49)38(3)44-45(39)51-54-50-44;;;;/h32,36-37H,4-31,33-34H2,1-3H3;3*1H3;. The number of hydrogen-bond donors (Lipinski definition) is 0. The number of aromatic nitrogens is 2. The molecule has 324 valence electrons. The van der Waals surface area contributed by atoms with Crippen LogP contribution in [0.2, 0.25) is 14.8 Å². The summed E-state index contributed by atoms with van der Waals surface area (Å²) in [7, 11) is 0. The molecule has 0 N–H and O–H groups in total. The zero-order chi connectivity index (χ0) is 41.2. The van der Waals surface area contributed by atoms with Gasteiger partial charge >= 0.3 is 271 Å². The van der Waals surface area contributed by atoms with Gasteiger partial charge in [0.1, 0.15) is 0 Å². The van der Waals surface area contributed by atoms with E-state index in [0.29, 0.717) is 5.56 Å². The van der Waals surface area contributed by atoms with Crippen molar-refractivity contribution in [1.82, 2.24) is 8.75 Å². The van der Waals surface area contributed by atoms with E-state index in [2.05, 4.69) is 56.5 Å². The first-order valence-corrected chi connectivity index (χ1v) is 36.8. The predicted octanol–water partition coefficient (Wildman–Crippen LogP) is 18.5. The van der Waals surface area contributed by atoms with Gasteiger partial charge in [0, 0.05) is 0 Å². The van der Waals surface area contributed by atoms with Crippen LogP contribution in [0.5, 0.6) is 0 Å². The predicted molar refractivity (Wildman–Crippen MR) is 262 cm³/mol. The molecular weight excluding hydrogens is 874 g/mol. The molecule has 58 heavy (non-hydrogen) atoms. The molecule has 0 unspecified atom stereocenters. The molecule has 4 aromatic rings. The van der Waals surface area contributed by atoms with Crippen molar-refractivity contribution in [2.24, 2.45) is 0 Å². The Bertz CT molecular complexity index is 1730. The fraction of sp³-hybridized carbons (Fsp3) is 0.725. The van der Waals surface area contributed by atoms with Gasteiger partial charge < -0.3 is 0 Å². The van der Waals surface area contributed by atoms with Gasteiger partial charge in [-0.15, -0.1) is 0 Å². The van der Waals surface area contributed by atoms with E-state index in [-0.39, 0.29) is 11.2 Å². The van der Waals surface area contributed by atoms with Crippen molar-refractivity contribution in [2.45, 2.75) is 234 Å². The van der Waals surface area contributed by atoms with E-state index in [0.717, 1.165) is 16.6 Å². The summed E-state index contributed by atoms with van der Waals surface area (Å²) in [6.45, 7) is 6.46. The summed E-state index contributed by atoms with van der Waals surface area (Å²) in [6.07, 6.45) is 41.6. The molecule has 0 radical (unpaired) electrons. The number of nitrogens with zero attached hydrogens (tertiary/aromatic N) is 2. The van der Waals surface area contributed by atoms with Crippen molar-refractivity contribution in [3.8, 4) is 20.2 Å². The van der Waals surface area contributed by atoms with Crippen molar-refractivity contribution in [1.29, 1.82) is 0 Å². The second kappa shape index (κ2) is 25.3. The van der Waals surface area contributed by atoms with Gasteiger partial charge in [-0.25, -0.2) is 0 Å². The number of fused-ring (bicyclic) bond motifs is 4. The van der Waals surface area contributed by atoms with Crippen molar-refractivity contribution in [3.05, 3.63) is 40.7 Å². The summed E-state index contributed by atoms with van der Waals surface area (Å²) in [6, 6.07) is 6.95. The molecule has 1 aliphatic carbocycles. The minimum atomic E-state index is -2.32. The summed E-state index contributed by atoms with van der Waals surface area (Å²) in [4.78, 5) is 11.9. The van der Waals surface area contributed by atoms with Gasteiger partial charge in [0.15, 0.2) is 0 Å². The van der Waals surface area contributed by atoms with Crippen molar-refractivity contribution in [2.75, 3.05) is 0 Å². The van der Waals surface area contributed by atoms with Gasteiger partial charge in [0.2, 0.25) is 0 Å². The van der Waals surface area contributed by atoms with Crippen molar-refractivity contribution < 1.29 is 4.39 Å². The molecule has 7 heteroatoms. The molecule has 0 aliphatic heterocycles. The molecule has 5 rings (SSSR count). The maximum atomic E-state index is 15.4. The number of thiophene rings is 2. The normalized spacial score (nSPS) is 13.6. The molecule has 3 aromatic heterocycles. The Kier molecular flexibility index (Phi) is 21.0. The number of rotatable bonds is 32. The Morgan fingerprint density at radius 3 is 1.36 bits per heavy atom. The molecule has 0 atom stereocenters. The summed E-state index contributed by atoms with van der Waals surface area (Å²) in [5.74, 6) is -0.166. The molecule has 1 aliphatic rings. The second-order valence-electron chi connectivity index (χ2n) is 19.2. The Hall–Kier alpha value is -0.831. The van der Waals surface area contributed by atoms with E-state index < -0.39 is 18.4 Å². The topological polar surface area (TPSA) is 25.8 Å². The van der Waals surface area contributed by atoms with Crippen LogP contribution in [-0.2, 0) is 5.41 Å². The van der Waals surface area contributed by atoms with Crippen LogP contribution in [-0.4, -0.2) is 27.1 Å². The van der Waals surface area contributed by atoms with E-state index in [4.69, 9.17) is 4.37 Å². The quantitative estimate of drug-likeness (QED) is 0.0360. The summed E-state index contributed by atoms with van der Waals surface area (Å²) < 4.78 is 26.4. The van der Waals surface area contributed by atoms with Gasteiger partial charge in [0.05, 0.1) is 0 Å². The second-order valence-corrected chi connectivity index (χ2v) is 37.3. The molecule has 0 amide bonds. The summed E-state index contributed by atoms with van der Waals surface area (Å²) in [5.41, 5.74) is 6.42. The van der Waals surface area contributed by atoms with Gasteiger partial charge in [0.25, 0.3) is 0 Å². The molecular formula is C51H81FN2S3Sn. The Morgan fingerprint density at radius 1 is 0.517 bits per heavy atom. The fourth-order valence-electron chi connectivity index (χ4n) is 9.60. The Labute approximate surface area is 371 Å². The monoisotopic (exact) mass is 956 g/mol. The molecule has 0 saturated carbocycles. The maximum absolute atomic E-state index is 15.4. The molecule has 0 saturated heterocycles. The number of halogens is 1. The van der Waals surface area contributed by atoms with Crippen LogP contribution in [0.4, 0.5) is 4.39 Å². The SMILES string of the molecule is CCCCCCCCCCCCCCCCC1(CCCCCCCCCCCCCCCC)c2cc(-c3cc(F)c(C)c4nsnc34)sc2-c2s[c]([Sn]([CH3])([CH3])[CH3])cc21. The molecule has 3 heterocycles. The number of unbranched alkanes of at least 4 members (excludes halogenated alkanes) is 26. The number of benzene rings is 1. The van der Waals surface area contributed by atoms with Gasteiger partial charge in [-0.05, 0) is 0 Å². The summed E-state index contributed by atoms with van der Waals surface area (Å²) >= 11 is 2.92. The van der Waals surface area contributed by atoms with Crippen LogP contribution in [0.15, 0.2) is 18.2 Å². The number of hydrogen-bond acceptors (Lipinski definition) is 5. The van der Waals surface area contributed by atoms with E-state index in [1.165, 1.54) is 214 Å². The summed E-state index contributed by atoms with van der Waals surface area (Å²) in [5, 5.41) is 0. The van der Waals surface area contributed by atoms with Crippen LogP contribution in [0.25, 0.3) is 31.2 Å². The molecule has 2 nitrogen and oxygen atoms in total. The molecule has 0 spiro atoms. The van der Waals surface area contributed by atoms with E-state index in [9.17, 15) is 0 Å². The van der Waals surface area contributed by atoms with Gasteiger partial charge in [-0.1, -0.05) is 104 Å². The first-order valence-electron chi connectivity index (χ1n) is 24.4. The number of aryl methyl sites for hydroxylation is 1. The van der Waals surface area contributed by atoms with Crippen LogP contribution in [0, 0.1) is 12.7 Å². The van der Waals surface area contributed by atoms with Crippen molar-refractivity contribution >= 4 is 66.7 Å². The zero-order valence-corrected chi connectivity index (χ0v) is 43.2. The molecule has 0 fully saturated rings. The first kappa shape index (κ1) is 48.2. The Balaban J connectivity index is 1.24. The van der Waals surface area contributed by atoms with E-state index >= 15 is 4.39 Å². The first-order chi connectivity index (χ1) is 28.2. The Morgan fingerprint density at radius 2 is 0.914 bits per heavy atom. The van der Waals surface area contributed by atoms with E-state index in [1.807, 2.05) is 18.3 Å². The minimum absolute atomic E-state index is 0.0717. The van der Waals surface area contributed by atoms with Crippen molar-refractivity contribution in [3.63, 3.8) is 0 Å². The zero-order valence-electron chi connectivity index (χ0n) is 37.9. The third-order valence-electron chi connectivity index (χ3n) is 13.3. The average Bonchev–Trinajstić information content (AvgIpc) is 4.01. The van der Waals surface area contributed by atoms with Crippen LogP contribution in [0.1, 0.15) is 223 Å². The van der Waals surface area contributed by atoms with E-state index in [1.54, 1.807) is 25.0 Å².